The number of hydrogen-bond donors (Lipinski definition) is 0. The predicted octanol–water partition coefficient (Wildman–Crippen LogP) is 1.91. The zero-order valence-electron chi connectivity index (χ0n) is 18.4. The Morgan fingerprint density at radius 2 is 1.56 bits per heavy atom. The van der Waals surface area contributed by atoms with Crippen LogP contribution in [-0.2, 0) is 26.1 Å². The highest BCUT2D eigenvalue weighted by Gasteiger charge is 2.26. The second kappa shape index (κ2) is 10.4. The molecule has 9 nitrogen and oxygen atoms in total. The SMILES string of the molecule is COC(=O)CN(Cc1cc(OC)cc(OC)c1)C(=O)c1ccc(F)c(S(=O)(=O)N(C)C)c1. The van der Waals surface area contributed by atoms with Gasteiger partial charge in [0, 0.05) is 32.3 Å². The number of esters is 1. The molecule has 0 aliphatic heterocycles. The fraction of sp³-hybridized carbons (Fsp3) is 0.333. The number of nitrogens with zero attached hydrogens (tertiary/aromatic N) is 2. The average Bonchev–Trinajstić information content (AvgIpc) is 2.77. The van der Waals surface area contributed by atoms with E-state index < -0.39 is 39.2 Å². The van der Waals surface area contributed by atoms with Crippen molar-refractivity contribution in [1.82, 2.24) is 9.21 Å². The van der Waals surface area contributed by atoms with Crippen LogP contribution >= 0.6 is 0 Å². The number of sulfonamides is 1. The average molecular weight is 469 g/mol. The molecule has 0 saturated heterocycles. The van der Waals surface area contributed by atoms with Crippen molar-refractivity contribution in [3.05, 3.63) is 53.3 Å². The summed E-state index contributed by atoms with van der Waals surface area (Å²) in [5.41, 5.74) is 0.479. The molecule has 174 valence electrons. The highest BCUT2D eigenvalue weighted by atomic mass is 32.2. The van der Waals surface area contributed by atoms with E-state index in [0.29, 0.717) is 17.1 Å². The maximum Gasteiger partial charge on any atom is 0.325 e. The van der Waals surface area contributed by atoms with Gasteiger partial charge in [0.25, 0.3) is 5.91 Å². The van der Waals surface area contributed by atoms with Gasteiger partial charge in [-0.2, -0.15) is 0 Å². The van der Waals surface area contributed by atoms with Crippen molar-refractivity contribution < 1.29 is 36.6 Å². The van der Waals surface area contributed by atoms with Crippen molar-refractivity contribution in [1.29, 1.82) is 0 Å². The van der Waals surface area contributed by atoms with Crippen LogP contribution in [0.4, 0.5) is 4.39 Å². The third kappa shape index (κ3) is 5.74. The van der Waals surface area contributed by atoms with E-state index in [0.717, 1.165) is 27.4 Å². The maximum absolute atomic E-state index is 14.2. The fourth-order valence-electron chi connectivity index (χ4n) is 2.81. The number of carbonyl (C=O) groups is 2. The highest BCUT2D eigenvalue weighted by Crippen LogP contribution is 2.25. The van der Waals surface area contributed by atoms with Gasteiger partial charge in [-0.3, -0.25) is 9.59 Å². The Labute approximate surface area is 186 Å². The van der Waals surface area contributed by atoms with Gasteiger partial charge in [0.2, 0.25) is 10.0 Å². The zero-order chi connectivity index (χ0) is 24.1. The number of rotatable bonds is 9. The lowest BCUT2D eigenvalue weighted by Crippen LogP contribution is -2.36. The third-order valence-electron chi connectivity index (χ3n) is 4.56. The van der Waals surface area contributed by atoms with E-state index in [1.165, 1.54) is 35.4 Å². The molecule has 0 bridgehead atoms. The second-order valence-corrected chi connectivity index (χ2v) is 9.01. The van der Waals surface area contributed by atoms with Crippen LogP contribution in [0.3, 0.4) is 0 Å². The van der Waals surface area contributed by atoms with Crippen molar-refractivity contribution in [3.63, 3.8) is 0 Å². The van der Waals surface area contributed by atoms with Crippen molar-refractivity contribution in [2.24, 2.45) is 0 Å². The summed E-state index contributed by atoms with van der Waals surface area (Å²) in [5.74, 6) is -1.41. The number of methoxy groups -OCH3 is 3. The smallest absolute Gasteiger partial charge is 0.325 e. The quantitative estimate of drug-likeness (QED) is 0.518. The van der Waals surface area contributed by atoms with Crippen molar-refractivity contribution in [3.8, 4) is 11.5 Å². The molecule has 0 heterocycles. The lowest BCUT2D eigenvalue weighted by atomic mass is 10.1. The summed E-state index contributed by atoms with van der Waals surface area (Å²) in [7, 11) is 2.50. The molecule has 0 N–H and O–H groups in total. The van der Waals surface area contributed by atoms with Crippen LogP contribution in [0.2, 0.25) is 0 Å². The Hall–Kier alpha value is -3.18. The normalized spacial score (nSPS) is 11.2. The molecule has 2 aromatic rings. The molecule has 2 rings (SSSR count). The molecule has 0 atom stereocenters. The first-order valence-electron chi connectivity index (χ1n) is 9.33. The van der Waals surface area contributed by atoms with Gasteiger partial charge >= 0.3 is 5.97 Å². The summed E-state index contributed by atoms with van der Waals surface area (Å²) in [6.45, 7) is -0.462. The van der Waals surface area contributed by atoms with Crippen LogP contribution in [-0.4, -0.2) is 71.5 Å². The molecule has 0 aromatic heterocycles. The Balaban J connectivity index is 2.48. The number of hydrogen-bond acceptors (Lipinski definition) is 7. The zero-order valence-corrected chi connectivity index (χ0v) is 19.2. The van der Waals surface area contributed by atoms with Crippen molar-refractivity contribution >= 4 is 21.9 Å². The molecule has 0 aliphatic carbocycles. The molecule has 11 heteroatoms. The van der Waals surface area contributed by atoms with Crippen LogP contribution < -0.4 is 9.47 Å². The van der Waals surface area contributed by atoms with Crippen LogP contribution in [0.1, 0.15) is 15.9 Å². The van der Waals surface area contributed by atoms with E-state index in [-0.39, 0.29) is 12.1 Å². The lowest BCUT2D eigenvalue weighted by molar-refractivity contribution is -0.141. The van der Waals surface area contributed by atoms with Gasteiger partial charge in [-0.1, -0.05) is 0 Å². The van der Waals surface area contributed by atoms with Crippen LogP contribution in [0.25, 0.3) is 0 Å². The first-order chi connectivity index (χ1) is 15.0. The standard InChI is InChI=1S/C21H25FN2O7S/c1-23(2)32(27,28)19-10-15(6-7-18(19)22)21(26)24(13-20(25)31-5)12-14-8-16(29-3)11-17(9-14)30-4/h6-11H,12-13H2,1-5H3. The number of carbonyl (C=O) groups excluding carboxylic acids is 2. The number of benzene rings is 2. The second-order valence-electron chi connectivity index (χ2n) is 6.89. The topological polar surface area (TPSA) is 102 Å². The minimum atomic E-state index is -4.13. The Kier molecular flexibility index (Phi) is 8.17. The Bertz CT molecular complexity index is 1080. The van der Waals surface area contributed by atoms with Crippen LogP contribution in [0, 0.1) is 5.82 Å². The summed E-state index contributed by atoms with van der Waals surface area (Å²) in [6, 6.07) is 7.97. The fourth-order valence-corrected chi connectivity index (χ4v) is 3.80. The summed E-state index contributed by atoms with van der Waals surface area (Å²) in [4.78, 5) is 25.6. The molecule has 32 heavy (non-hydrogen) atoms. The summed E-state index contributed by atoms with van der Waals surface area (Å²) >= 11 is 0. The van der Waals surface area contributed by atoms with E-state index >= 15 is 0 Å². The van der Waals surface area contributed by atoms with Crippen LogP contribution in [0.15, 0.2) is 41.3 Å². The van der Waals surface area contributed by atoms with Gasteiger partial charge in [-0.25, -0.2) is 17.1 Å². The van der Waals surface area contributed by atoms with E-state index in [2.05, 4.69) is 4.74 Å². The molecule has 0 radical (unpaired) electrons. The van der Waals surface area contributed by atoms with E-state index in [9.17, 15) is 22.4 Å². The molecular weight excluding hydrogens is 443 g/mol. The number of halogens is 1. The minimum Gasteiger partial charge on any atom is -0.497 e. The predicted molar refractivity (Wildman–Crippen MR) is 114 cm³/mol. The third-order valence-corrected chi connectivity index (χ3v) is 6.39. The van der Waals surface area contributed by atoms with E-state index in [4.69, 9.17) is 9.47 Å². The molecule has 0 unspecified atom stereocenters. The molecule has 2 aromatic carbocycles. The molecule has 0 spiro atoms. The number of amides is 1. The number of ether oxygens (including phenoxy) is 3. The van der Waals surface area contributed by atoms with Gasteiger partial charge in [0.05, 0.1) is 21.3 Å². The molecular formula is C21H25FN2O7S. The lowest BCUT2D eigenvalue weighted by Gasteiger charge is -2.23. The van der Waals surface area contributed by atoms with Crippen molar-refractivity contribution in [2.75, 3.05) is 42.0 Å². The molecule has 0 fully saturated rings. The highest BCUT2D eigenvalue weighted by molar-refractivity contribution is 7.89. The van der Waals surface area contributed by atoms with Gasteiger partial charge in [0.1, 0.15) is 28.8 Å². The van der Waals surface area contributed by atoms with E-state index in [1.54, 1.807) is 18.2 Å². The first kappa shape index (κ1) is 25.1. The molecule has 0 aliphatic rings. The Morgan fingerprint density at radius 1 is 0.969 bits per heavy atom. The van der Waals surface area contributed by atoms with Gasteiger partial charge in [-0.15, -0.1) is 0 Å². The summed E-state index contributed by atoms with van der Waals surface area (Å²) in [6.07, 6.45) is 0. The van der Waals surface area contributed by atoms with Crippen molar-refractivity contribution in [2.45, 2.75) is 11.4 Å². The van der Waals surface area contributed by atoms with Gasteiger partial charge in [-0.05, 0) is 35.9 Å². The van der Waals surface area contributed by atoms with E-state index in [1.807, 2.05) is 0 Å². The largest absolute Gasteiger partial charge is 0.497 e. The monoisotopic (exact) mass is 468 g/mol. The van der Waals surface area contributed by atoms with Gasteiger partial charge in [0.15, 0.2) is 0 Å². The first-order valence-corrected chi connectivity index (χ1v) is 10.8. The summed E-state index contributed by atoms with van der Waals surface area (Å²) in [5, 5.41) is 0. The minimum absolute atomic E-state index is 0.0470. The Morgan fingerprint density at radius 3 is 2.06 bits per heavy atom. The van der Waals surface area contributed by atoms with Gasteiger partial charge < -0.3 is 19.1 Å². The maximum atomic E-state index is 14.2. The summed E-state index contributed by atoms with van der Waals surface area (Å²) < 4.78 is 55.0. The molecule has 0 saturated carbocycles. The van der Waals surface area contributed by atoms with Crippen LogP contribution in [0.5, 0.6) is 11.5 Å². The molecule has 1 amide bonds.